The number of carbonyl (C=O) groups excluding carboxylic acids is 1. The number of nitrogens with two attached hydrogens (primary N) is 1. The number of ketones is 1. The Kier molecular flexibility index (Phi) is 2.95. The highest BCUT2D eigenvalue weighted by Gasteiger charge is 2.50. The zero-order chi connectivity index (χ0) is 12.6. The molecule has 1 heterocycles. The second-order valence-electron chi connectivity index (χ2n) is 4.91. The zero-order valence-electron chi connectivity index (χ0n) is 10.6. The van der Waals surface area contributed by atoms with Crippen LogP contribution in [0.2, 0.25) is 0 Å². The van der Waals surface area contributed by atoms with Crippen molar-refractivity contribution in [2.75, 3.05) is 13.7 Å². The predicted octanol–water partition coefficient (Wildman–Crippen LogP) is 1.39. The van der Waals surface area contributed by atoms with Crippen LogP contribution in [0.15, 0.2) is 6.20 Å². The Morgan fingerprint density at radius 2 is 2.29 bits per heavy atom. The van der Waals surface area contributed by atoms with Gasteiger partial charge in [0.2, 0.25) is 0 Å². The maximum atomic E-state index is 12.5. The fourth-order valence-corrected chi connectivity index (χ4v) is 2.03. The number of aromatic nitrogens is 2. The molecule has 5 heteroatoms. The van der Waals surface area contributed by atoms with Gasteiger partial charge in [-0.2, -0.15) is 5.10 Å². The lowest BCUT2D eigenvalue weighted by Crippen LogP contribution is -2.28. The molecule has 0 atom stereocenters. The Labute approximate surface area is 101 Å². The maximum Gasteiger partial charge on any atom is 0.192 e. The summed E-state index contributed by atoms with van der Waals surface area (Å²) in [5.41, 5.74) is 5.90. The number of Topliss-reactive ketones (excluding diaryl/α,β-unsaturated/α-hetero) is 1. The molecule has 0 aliphatic heterocycles. The lowest BCUT2D eigenvalue weighted by Gasteiger charge is -2.15. The van der Waals surface area contributed by atoms with Gasteiger partial charge < -0.3 is 10.5 Å². The van der Waals surface area contributed by atoms with E-state index < -0.39 is 0 Å². The van der Waals surface area contributed by atoms with E-state index in [1.165, 1.54) is 0 Å². The van der Waals surface area contributed by atoms with E-state index in [9.17, 15) is 4.79 Å². The van der Waals surface area contributed by atoms with Crippen molar-refractivity contribution in [2.24, 2.45) is 11.1 Å². The molecule has 1 aromatic rings. The van der Waals surface area contributed by atoms with Crippen molar-refractivity contribution in [3.63, 3.8) is 0 Å². The third-order valence-electron chi connectivity index (χ3n) is 3.41. The summed E-state index contributed by atoms with van der Waals surface area (Å²) in [6.07, 6.45) is 3.34. The van der Waals surface area contributed by atoms with E-state index in [2.05, 4.69) is 5.10 Å². The second-order valence-corrected chi connectivity index (χ2v) is 4.91. The molecule has 2 N–H and O–H groups in total. The summed E-state index contributed by atoms with van der Waals surface area (Å²) in [7, 11) is 1.56. The number of methoxy groups -OCH3 is 1. The molecule has 0 amide bonds. The van der Waals surface area contributed by atoms with Gasteiger partial charge in [-0.15, -0.1) is 0 Å². The fraction of sp³-hybridized carbons (Fsp3) is 0.667. The largest absolute Gasteiger partial charge is 0.493 e. The molecule has 5 nitrogen and oxygen atoms in total. The van der Waals surface area contributed by atoms with Gasteiger partial charge in [0.25, 0.3) is 0 Å². The van der Waals surface area contributed by atoms with Crippen LogP contribution in [-0.2, 0) is 0 Å². The molecule has 1 fully saturated rings. The molecule has 0 unspecified atom stereocenters. The van der Waals surface area contributed by atoms with Gasteiger partial charge in [-0.05, 0) is 26.7 Å². The van der Waals surface area contributed by atoms with Crippen LogP contribution in [0.25, 0.3) is 0 Å². The third-order valence-corrected chi connectivity index (χ3v) is 3.41. The Hall–Kier alpha value is -1.36. The van der Waals surface area contributed by atoms with E-state index in [1.54, 1.807) is 18.0 Å². The van der Waals surface area contributed by atoms with Crippen LogP contribution in [0, 0.1) is 5.41 Å². The third kappa shape index (κ3) is 1.84. The summed E-state index contributed by atoms with van der Waals surface area (Å²) in [6, 6.07) is 0.131. The number of hydrogen-bond donors (Lipinski definition) is 1. The average molecular weight is 237 g/mol. The number of rotatable bonds is 5. The van der Waals surface area contributed by atoms with E-state index in [0.717, 1.165) is 12.8 Å². The van der Waals surface area contributed by atoms with Crippen LogP contribution in [-0.4, -0.2) is 29.2 Å². The first kappa shape index (κ1) is 12.1. The monoisotopic (exact) mass is 237 g/mol. The predicted molar refractivity (Wildman–Crippen MR) is 64.2 cm³/mol. The number of hydrogen-bond acceptors (Lipinski definition) is 4. The number of nitrogens with zero attached hydrogens (tertiary/aromatic N) is 2. The van der Waals surface area contributed by atoms with Gasteiger partial charge in [0.15, 0.2) is 11.5 Å². The quantitative estimate of drug-likeness (QED) is 0.786. The smallest absolute Gasteiger partial charge is 0.192 e. The summed E-state index contributed by atoms with van der Waals surface area (Å²) in [5.74, 6) is 0.617. The standard InChI is InChI=1S/C12H19N3O2/c1-8(2)15-10(9(17-3)6-14-15)11(16)12(7-13)4-5-12/h6,8H,4-5,7,13H2,1-3H3. The Bertz CT molecular complexity index is 433. The molecule has 0 radical (unpaired) electrons. The van der Waals surface area contributed by atoms with Crippen molar-refractivity contribution in [2.45, 2.75) is 32.7 Å². The van der Waals surface area contributed by atoms with E-state index in [4.69, 9.17) is 10.5 Å². The molecule has 1 aliphatic rings. The van der Waals surface area contributed by atoms with E-state index in [1.807, 2.05) is 13.8 Å². The minimum Gasteiger partial charge on any atom is -0.493 e. The van der Waals surface area contributed by atoms with Gasteiger partial charge in [0.05, 0.1) is 13.3 Å². The summed E-state index contributed by atoms with van der Waals surface area (Å²) in [6.45, 7) is 4.38. The molecule has 0 bridgehead atoms. The van der Waals surface area contributed by atoms with Crippen LogP contribution >= 0.6 is 0 Å². The fourth-order valence-electron chi connectivity index (χ4n) is 2.03. The summed E-state index contributed by atoms with van der Waals surface area (Å²) in [5, 5.41) is 4.21. The molecule has 2 rings (SSSR count). The first-order chi connectivity index (χ1) is 8.05. The van der Waals surface area contributed by atoms with Crippen molar-refractivity contribution in [1.29, 1.82) is 0 Å². The molecule has 17 heavy (non-hydrogen) atoms. The van der Waals surface area contributed by atoms with E-state index in [-0.39, 0.29) is 17.2 Å². The highest BCUT2D eigenvalue weighted by molar-refractivity contribution is 6.03. The molecular formula is C12H19N3O2. The van der Waals surface area contributed by atoms with Gasteiger partial charge in [-0.3, -0.25) is 9.48 Å². The van der Waals surface area contributed by atoms with Crippen molar-refractivity contribution in [1.82, 2.24) is 9.78 Å². The van der Waals surface area contributed by atoms with Gasteiger partial charge in [-0.25, -0.2) is 0 Å². The zero-order valence-corrected chi connectivity index (χ0v) is 10.6. The molecule has 94 valence electrons. The summed E-state index contributed by atoms with van der Waals surface area (Å²) < 4.78 is 6.94. The van der Waals surface area contributed by atoms with Gasteiger partial charge in [-0.1, -0.05) is 0 Å². The SMILES string of the molecule is COc1cnn(C(C)C)c1C(=O)C1(CN)CC1. The minimum absolute atomic E-state index is 0.0723. The van der Waals surface area contributed by atoms with Crippen molar-refractivity contribution < 1.29 is 9.53 Å². The summed E-state index contributed by atoms with van der Waals surface area (Å²) >= 11 is 0. The van der Waals surface area contributed by atoms with Crippen LogP contribution < -0.4 is 10.5 Å². The molecule has 0 spiro atoms. The van der Waals surface area contributed by atoms with Gasteiger partial charge >= 0.3 is 0 Å². The Morgan fingerprint density at radius 1 is 1.65 bits per heavy atom. The Balaban J connectivity index is 2.42. The van der Waals surface area contributed by atoms with Crippen molar-refractivity contribution >= 4 is 5.78 Å². The second kappa shape index (κ2) is 4.14. The van der Waals surface area contributed by atoms with E-state index in [0.29, 0.717) is 18.0 Å². The van der Waals surface area contributed by atoms with Crippen LogP contribution in [0.1, 0.15) is 43.2 Å². The number of ether oxygens (including phenoxy) is 1. The number of carbonyl (C=O) groups is 1. The van der Waals surface area contributed by atoms with Crippen LogP contribution in [0.4, 0.5) is 0 Å². The van der Waals surface area contributed by atoms with Crippen LogP contribution in [0.3, 0.4) is 0 Å². The highest BCUT2D eigenvalue weighted by Crippen LogP contribution is 2.48. The van der Waals surface area contributed by atoms with E-state index >= 15 is 0 Å². The van der Waals surface area contributed by atoms with Gasteiger partial charge in [0, 0.05) is 18.0 Å². The molecule has 1 aliphatic carbocycles. The van der Waals surface area contributed by atoms with Crippen molar-refractivity contribution in [3.8, 4) is 5.75 Å². The molecule has 1 aromatic heterocycles. The highest BCUT2D eigenvalue weighted by atomic mass is 16.5. The van der Waals surface area contributed by atoms with Crippen molar-refractivity contribution in [3.05, 3.63) is 11.9 Å². The Morgan fingerprint density at radius 3 is 2.71 bits per heavy atom. The normalized spacial score (nSPS) is 17.2. The molecular weight excluding hydrogens is 218 g/mol. The lowest BCUT2D eigenvalue weighted by atomic mass is 9.98. The molecule has 1 saturated carbocycles. The molecule has 0 aromatic carbocycles. The van der Waals surface area contributed by atoms with Gasteiger partial charge in [0.1, 0.15) is 5.69 Å². The average Bonchev–Trinajstić information content (AvgIpc) is 2.99. The topological polar surface area (TPSA) is 70.1 Å². The summed E-state index contributed by atoms with van der Waals surface area (Å²) in [4.78, 5) is 12.5. The minimum atomic E-state index is -0.361. The lowest BCUT2D eigenvalue weighted by molar-refractivity contribution is 0.0889. The first-order valence-corrected chi connectivity index (χ1v) is 5.92. The maximum absolute atomic E-state index is 12.5. The first-order valence-electron chi connectivity index (χ1n) is 5.92. The molecule has 0 saturated heterocycles. The van der Waals surface area contributed by atoms with Crippen LogP contribution in [0.5, 0.6) is 5.75 Å².